The molecule has 1 N–H and O–H groups in total. The topological polar surface area (TPSA) is 57.6 Å². The van der Waals surface area contributed by atoms with Crippen molar-refractivity contribution in [2.45, 2.75) is 50.9 Å². The smallest absolute Gasteiger partial charge is 0.327 e. The van der Waals surface area contributed by atoms with Crippen LogP contribution in [0.15, 0.2) is 0 Å². The summed E-state index contributed by atoms with van der Waals surface area (Å²) in [6, 6.07) is -0.630. The van der Waals surface area contributed by atoms with Crippen molar-refractivity contribution < 1.29 is 14.7 Å². The summed E-state index contributed by atoms with van der Waals surface area (Å²) >= 11 is 1.53. The molecule has 1 heterocycles. The van der Waals surface area contributed by atoms with Gasteiger partial charge in [0, 0.05) is 12.2 Å². The fourth-order valence-electron chi connectivity index (χ4n) is 1.87. The van der Waals surface area contributed by atoms with Crippen LogP contribution in [-0.4, -0.2) is 39.1 Å². The van der Waals surface area contributed by atoms with Crippen LogP contribution in [-0.2, 0) is 9.59 Å². The van der Waals surface area contributed by atoms with Gasteiger partial charge in [0.1, 0.15) is 6.04 Å². The number of nitrogens with zero attached hydrogens (tertiary/aromatic N) is 1. The Hall–Kier alpha value is -0.710. The summed E-state index contributed by atoms with van der Waals surface area (Å²) < 4.78 is 0. The summed E-state index contributed by atoms with van der Waals surface area (Å²) in [5.41, 5.74) is 0. The van der Waals surface area contributed by atoms with Gasteiger partial charge in [-0.25, -0.2) is 4.79 Å². The molecule has 5 heteroatoms. The predicted octanol–water partition coefficient (Wildman–Crippen LogP) is 1.94. The van der Waals surface area contributed by atoms with Crippen LogP contribution < -0.4 is 0 Å². The second-order valence-corrected chi connectivity index (χ2v) is 5.39. The molecule has 1 aliphatic rings. The Labute approximate surface area is 100 Å². The maximum absolute atomic E-state index is 11.9. The highest BCUT2D eigenvalue weighted by molar-refractivity contribution is 8.00. The Bertz CT molecular complexity index is 270. The number of carbonyl (C=O) groups is 2. The Morgan fingerprint density at radius 1 is 1.44 bits per heavy atom. The fourth-order valence-corrected chi connectivity index (χ4v) is 3.06. The number of aliphatic carboxylic acids is 1. The van der Waals surface area contributed by atoms with E-state index in [0.29, 0.717) is 12.2 Å². The van der Waals surface area contributed by atoms with E-state index >= 15 is 0 Å². The highest BCUT2D eigenvalue weighted by atomic mass is 32.2. The lowest BCUT2D eigenvalue weighted by Gasteiger charge is -2.25. The van der Waals surface area contributed by atoms with Crippen LogP contribution in [0.5, 0.6) is 0 Å². The van der Waals surface area contributed by atoms with Crippen LogP contribution in [0.25, 0.3) is 0 Å². The van der Waals surface area contributed by atoms with Gasteiger partial charge in [-0.15, -0.1) is 11.8 Å². The van der Waals surface area contributed by atoms with E-state index < -0.39 is 12.0 Å². The average molecular weight is 245 g/mol. The molecule has 0 aromatic carbocycles. The number of amides is 1. The van der Waals surface area contributed by atoms with Crippen LogP contribution in [0.2, 0.25) is 0 Å². The monoisotopic (exact) mass is 245 g/mol. The Morgan fingerprint density at radius 3 is 2.69 bits per heavy atom. The van der Waals surface area contributed by atoms with Gasteiger partial charge in [-0.1, -0.05) is 19.8 Å². The zero-order valence-electron chi connectivity index (χ0n) is 9.81. The molecule has 16 heavy (non-hydrogen) atoms. The van der Waals surface area contributed by atoms with E-state index in [-0.39, 0.29) is 11.3 Å². The first-order valence-corrected chi connectivity index (χ1v) is 6.78. The minimum atomic E-state index is -0.888. The third-order valence-electron chi connectivity index (χ3n) is 2.79. The van der Waals surface area contributed by atoms with E-state index in [4.69, 9.17) is 5.11 Å². The standard InChI is InChI=1S/C11H19NO3S/c1-3-4-5-6-10(13)12-8(2)16-7-9(12)11(14)15/h8-9H,3-7H2,1-2H3,(H,14,15). The van der Waals surface area contributed by atoms with Crippen LogP contribution >= 0.6 is 11.8 Å². The minimum Gasteiger partial charge on any atom is -0.480 e. The first kappa shape index (κ1) is 13.4. The van der Waals surface area contributed by atoms with Gasteiger partial charge in [-0.05, 0) is 13.3 Å². The highest BCUT2D eigenvalue weighted by Crippen LogP contribution is 2.29. The zero-order valence-corrected chi connectivity index (χ0v) is 10.6. The molecule has 0 aromatic heterocycles. The predicted molar refractivity (Wildman–Crippen MR) is 64.3 cm³/mol. The largest absolute Gasteiger partial charge is 0.480 e. The summed E-state index contributed by atoms with van der Waals surface area (Å²) in [6.07, 6.45) is 3.43. The van der Waals surface area contributed by atoms with Gasteiger partial charge in [0.15, 0.2) is 0 Å². The van der Waals surface area contributed by atoms with E-state index in [1.807, 2.05) is 6.92 Å². The molecule has 0 saturated carbocycles. The number of rotatable bonds is 5. The summed E-state index contributed by atoms with van der Waals surface area (Å²) in [4.78, 5) is 24.4. The first-order chi connectivity index (χ1) is 7.57. The second-order valence-electron chi connectivity index (χ2n) is 4.04. The van der Waals surface area contributed by atoms with Crippen molar-refractivity contribution in [3.8, 4) is 0 Å². The average Bonchev–Trinajstić information content (AvgIpc) is 2.60. The Morgan fingerprint density at radius 2 is 2.12 bits per heavy atom. The number of thioether (sulfide) groups is 1. The van der Waals surface area contributed by atoms with Crippen molar-refractivity contribution in [1.82, 2.24) is 4.90 Å². The third-order valence-corrected chi connectivity index (χ3v) is 4.01. The van der Waals surface area contributed by atoms with E-state index in [1.54, 1.807) is 0 Å². The van der Waals surface area contributed by atoms with Crippen molar-refractivity contribution in [2.75, 3.05) is 5.75 Å². The minimum absolute atomic E-state index is 0.00442. The van der Waals surface area contributed by atoms with E-state index in [1.165, 1.54) is 16.7 Å². The van der Waals surface area contributed by atoms with Gasteiger partial charge in [0.25, 0.3) is 0 Å². The molecule has 2 unspecified atom stereocenters. The number of hydrogen-bond donors (Lipinski definition) is 1. The molecule has 1 amide bonds. The van der Waals surface area contributed by atoms with Crippen LogP contribution in [0.1, 0.15) is 39.5 Å². The summed E-state index contributed by atoms with van der Waals surface area (Å²) in [5.74, 6) is -0.394. The van der Waals surface area contributed by atoms with Gasteiger partial charge < -0.3 is 10.0 Å². The third kappa shape index (κ3) is 3.14. The number of carboxylic acid groups (broad SMARTS) is 1. The van der Waals surface area contributed by atoms with Crippen LogP contribution in [0.3, 0.4) is 0 Å². The van der Waals surface area contributed by atoms with E-state index in [0.717, 1.165) is 19.3 Å². The van der Waals surface area contributed by atoms with Gasteiger partial charge in [0.05, 0.1) is 5.37 Å². The molecule has 0 aromatic rings. The number of carbonyl (C=O) groups excluding carboxylic acids is 1. The number of carboxylic acids is 1. The second kappa shape index (κ2) is 6.13. The fraction of sp³-hybridized carbons (Fsp3) is 0.818. The van der Waals surface area contributed by atoms with Gasteiger partial charge >= 0.3 is 5.97 Å². The molecule has 1 fully saturated rings. The van der Waals surface area contributed by atoms with Crippen molar-refractivity contribution in [1.29, 1.82) is 0 Å². The van der Waals surface area contributed by atoms with Crippen molar-refractivity contribution in [3.63, 3.8) is 0 Å². The lowest BCUT2D eigenvalue weighted by atomic mass is 10.1. The number of hydrogen-bond acceptors (Lipinski definition) is 3. The SMILES string of the molecule is CCCCCC(=O)N1C(C)SCC1C(=O)O. The number of unbranched alkanes of at least 4 members (excludes halogenated alkanes) is 2. The van der Waals surface area contributed by atoms with Crippen molar-refractivity contribution >= 4 is 23.6 Å². The van der Waals surface area contributed by atoms with Gasteiger partial charge in [0.2, 0.25) is 5.91 Å². The van der Waals surface area contributed by atoms with Gasteiger partial charge in [-0.2, -0.15) is 0 Å². The molecule has 4 nitrogen and oxygen atoms in total. The maximum Gasteiger partial charge on any atom is 0.327 e. The molecule has 0 spiro atoms. The van der Waals surface area contributed by atoms with Crippen LogP contribution in [0.4, 0.5) is 0 Å². The molecule has 1 aliphatic heterocycles. The quantitative estimate of drug-likeness (QED) is 0.752. The molecule has 1 saturated heterocycles. The zero-order chi connectivity index (χ0) is 12.1. The lowest BCUT2D eigenvalue weighted by molar-refractivity contribution is -0.148. The molecule has 0 aliphatic carbocycles. The Kier molecular flexibility index (Phi) is 5.12. The molecular formula is C11H19NO3S. The summed E-state index contributed by atoms with van der Waals surface area (Å²) in [7, 11) is 0. The van der Waals surface area contributed by atoms with Crippen molar-refractivity contribution in [2.24, 2.45) is 0 Å². The van der Waals surface area contributed by atoms with E-state index in [9.17, 15) is 9.59 Å². The van der Waals surface area contributed by atoms with Gasteiger partial charge in [-0.3, -0.25) is 4.79 Å². The molecule has 0 bridgehead atoms. The normalized spacial score (nSPS) is 24.8. The molecular weight excluding hydrogens is 226 g/mol. The Balaban J connectivity index is 2.54. The molecule has 0 radical (unpaired) electrons. The van der Waals surface area contributed by atoms with Crippen LogP contribution in [0, 0.1) is 0 Å². The highest BCUT2D eigenvalue weighted by Gasteiger charge is 2.38. The summed E-state index contributed by atoms with van der Waals surface area (Å²) in [6.45, 7) is 3.98. The first-order valence-electron chi connectivity index (χ1n) is 5.73. The van der Waals surface area contributed by atoms with Crippen molar-refractivity contribution in [3.05, 3.63) is 0 Å². The van der Waals surface area contributed by atoms with E-state index in [2.05, 4.69) is 6.92 Å². The molecule has 92 valence electrons. The molecule has 2 atom stereocenters. The lowest BCUT2D eigenvalue weighted by Crippen LogP contribution is -2.44. The maximum atomic E-state index is 11.9. The summed E-state index contributed by atoms with van der Waals surface area (Å²) in [5, 5.41) is 9.01. The molecule has 1 rings (SSSR count).